The molecular formula is C50H46O8. The fraction of sp³-hybridized carbons (Fsp3) is 0.160. The first kappa shape index (κ1) is 40.6. The number of carbonyl (C=O) groups excluding carboxylic acids is 2. The third kappa shape index (κ3) is 12.5. The number of esters is 2. The van der Waals surface area contributed by atoms with Gasteiger partial charge in [-0.15, -0.1) is 0 Å². The van der Waals surface area contributed by atoms with Crippen LogP contribution in [-0.2, 0) is 19.1 Å². The predicted octanol–water partition coefficient (Wildman–Crippen LogP) is 11.3. The zero-order valence-corrected chi connectivity index (χ0v) is 32.7. The zero-order chi connectivity index (χ0) is 40.4. The quantitative estimate of drug-likeness (QED) is 0.0348. The maximum atomic E-state index is 12.4. The standard InChI is InChI=1S/C50H46O8/c1-37(35-57-47-27-19-41(20-28-47)39-11-5-3-6-12-39)49(51)55-33-9-31-53-45-23-15-43(16-24-45)44-17-25-46(26-18-44)54-32-10-34-56-50(52)38(2)36-58-48-29-21-42(22-30-48)40-13-7-4-8-14-40/h3-8,11-30,35-36H,9-10,31-34H2,1-2H3. The lowest BCUT2D eigenvalue weighted by Crippen LogP contribution is -2.10. The fourth-order valence-electron chi connectivity index (χ4n) is 5.66. The first-order chi connectivity index (χ1) is 28.4. The Balaban J connectivity index is 0.824. The molecule has 0 fully saturated rings. The number of ether oxygens (including phenoxy) is 6. The van der Waals surface area contributed by atoms with E-state index < -0.39 is 11.9 Å². The van der Waals surface area contributed by atoms with Crippen molar-refractivity contribution in [2.24, 2.45) is 0 Å². The van der Waals surface area contributed by atoms with E-state index in [2.05, 4.69) is 24.3 Å². The molecule has 0 aliphatic heterocycles. The van der Waals surface area contributed by atoms with Crippen LogP contribution in [-0.4, -0.2) is 38.4 Å². The van der Waals surface area contributed by atoms with Crippen LogP contribution in [0.15, 0.2) is 181 Å². The van der Waals surface area contributed by atoms with Gasteiger partial charge in [0, 0.05) is 12.8 Å². The summed E-state index contributed by atoms with van der Waals surface area (Å²) in [5, 5.41) is 0. The van der Waals surface area contributed by atoms with Crippen LogP contribution in [0.3, 0.4) is 0 Å². The molecule has 0 radical (unpaired) electrons. The molecule has 0 heterocycles. The fourth-order valence-corrected chi connectivity index (χ4v) is 5.66. The number of hydrogen-bond acceptors (Lipinski definition) is 8. The van der Waals surface area contributed by atoms with Crippen molar-refractivity contribution in [2.45, 2.75) is 26.7 Å². The van der Waals surface area contributed by atoms with Crippen molar-refractivity contribution >= 4 is 11.9 Å². The molecule has 0 atom stereocenters. The Morgan fingerprint density at radius 2 is 0.672 bits per heavy atom. The monoisotopic (exact) mass is 774 g/mol. The molecule has 0 aliphatic rings. The van der Waals surface area contributed by atoms with E-state index in [1.165, 1.54) is 12.5 Å². The van der Waals surface area contributed by atoms with Crippen molar-refractivity contribution in [3.63, 3.8) is 0 Å². The lowest BCUT2D eigenvalue weighted by atomic mass is 10.1. The van der Waals surface area contributed by atoms with Crippen LogP contribution in [0.1, 0.15) is 26.7 Å². The Labute approximate surface area is 339 Å². The smallest absolute Gasteiger partial charge is 0.336 e. The molecule has 0 aromatic heterocycles. The summed E-state index contributed by atoms with van der Waals surface area (Å²) in [6.07, 6.45) is 3.91. The van der Waals surface area contributed by atoms with Gasteiger partial charge in [-0.3, -0.25) is 0 Å². The van der Waals surface area contributed by atoms with Gasteiger partial charge < -0.3 is 28.4 Å². The van der Waals surface area contributed by atoms with Crippen molar-refractivity contribution in [2.75, 3.05) is 26.4 Å². The molecule has 58 heavy (non-hydrogen) atoms. The lowest BCUT2D eigenvalue weighted by molar-refractivity contribution is -0.140. The minimum Gasteiger partial charge on any atom is -0.493 e. The summed E-state index contributed by atoms with van der Waals surface area (Å²) >= 11 is 0. The second-order valence-corrected chi connectivity index (χ2v) is 13.3. The molecule has 0 aliphatic carbocycles. The van der Waals surface area contributed by atoms with Crippen molar-refractivity contribution in [3.05, 3.63) is 181 Å². The van der Waals surface area contributed by atoms with Gasteiger partial charge in [-0.05, 0) is 95.8 Å². The summed E-state index contributed by atoms with van der Waals surface area (Å²) < 4.78 is 33.8. The topological polar surface area (TPSA) is 89.5 Å². The van der Waals surface area contributed by atoms with Crippen LogP contribution in [0.2, 0.25) is 0 Å². The lowest BCUT2D eigenvalue weighted by Gasteiger charge is -2.10. The minimum absolute atomic E-state index is 0.228. The summed E-state index contributed by atoms with van der Waals surface area (Å²) in [6.45, 7) is 4.58. The van der Waals surface area contributed by atoms with E-state index >= 15 is 0 Å². The normalized spacial score (nSPS) is 11.3. The van der Waals surface area contributed by atoms with E-state index in [1.54, 1.807) is 13.8 Å². The molecule has 6 rings (SSSR count). The number of carbonyl (C=O) groups is 2. The van der Waals surface area contributed by atoms with Crippen LogP contribution >= 0.6 is 0 Å². The summed E-state index contributed by atoms with van der Waals surface area (Å²) in [5.74, 6) is 1.85. The van der Waals surface area contributed by atoms with Gasteiger partial charge in [0.15, 0.2) is 0 Å². The maximum absolute atomic E-state index is 12.4. The van der Waals surface area contributed by atoms with Crippen molar-refractivity contribution in [1.29, 1.82) is 0 Å². The molecule has 0 saturated heterocycles. The van der Waals surface area contributed by atoms with Crippen LogP contribution in [0.25, 0.3) is 33.4 Å². The first-order valence-corrected chi connectivity index (χ1v) is 19.2. The Hall–Kier alpha value is -7.06. The van der Waals surface area contributed by atoms with Gasteiger partial charge >= 0.3 is 11.9 Å². The van der Waals surface area contributed by atoms with E-state index in [9.17, 15) is 9.59 Å². The van der Waals surface area contributed by atoms with Crippen LogP contribution in [0.5, 0.6) is 23.0 Å². The third-order valence-corrected chi connectivity index (χ3v) is 8.93. The largest absolute Gasteiger partial charge is 0.493 e. The summed E-state index contributed by atoms with van der Waals surface area (Å²) in [6, 6.07) is 51.2. The van der Waals surface area contributed by atoms with Crippen molar-refractivity contribution < 1.29 is 38.0 Å². The molecule has 0 amide bonds. The highest BCUT2D eigenvalue weighted by atomic mass is 16.5. The van der Waals surface area contributed by atoms with Gasteiger partial charge in [-0.1, -0.05) is 109 Å². The van der Waals surface area contributed by atoms with Gasteiger partial charge in [-0.25, -0.2) is 9.59 Å². The molecule has 0 unspecified atom stereocenters. The molecule has 6 aromatic rings. The molecule has 8 heteroatoms. The molecule has 0 bridgehead atoms. The number of rotatable bonds is 19. The van der Waals surface area contributed by atoms with E-state index in [-0.39, 0.29) is 13.2 Å². The van der Waals surface area contributed by atoms with Crippen molar-refractivity contribution in [3.8, 4) is 56.4 Å². The van der Waals surface area contributed by atoms with E-state index in [0.29, 0.717) is 48.7 Å². The van der Waals surface area contributed by atoms with Crippen LogP contribution < -0.4 is 18.9 Å². The third-order valence-electron chi connectivity index (χ3n) is 8.93. The Kier molecular flexibility index (Phi) is 14.9. The zero-order valence-electron chi connectivity index (χ0n) is 32.7. The van der Waals surface area contributed by atoms with E-state index in [4.69, 9.17) is 28.4 Å². The maximum Gasteiger partial charge on any atom is 0.336 e. The van der Waals surface area contributed by atoms with E-state index in [1.807, 2.05) is 133 Å². The Morgan fingerprint density at radius 1 is 0.379 bits per heavy atom. The molecular weight excluding hydrogens is 729 g/mol. The summed E-state index contributed by atoms with van der Waals surface area (Å²) in [4.78, 5) is 24.8. The number of benzene rings is 6. The second kappa shape index (κ2) is 21.3. The van der Waals surface area contributed by atoms with Gasteiger partial charge in [0.2, 0.25) is 0 Å². The van der Waals surface area contributed by atoms with Gasteiger partial charge in [0.05, 0.1) is 37.6 Å². The Morgan fingerprint density at radius 3 is 1.00 bits per heavy atom. The SMILES string of the molecule is CC(=COc1ccc(-c2ccccc2)cc1)C(=O)OCCCOc1ccc(-c2ccc(OCCCOC(=O)C(C)=COc3ccc(-c4ccccc4)cc3)cc2)cc1. The predicted molar refractivity (Wildman–Crippen MR) is 227 cm³/mol. The summed E-state index contributed by atoms with van der Waals surface area (Å²) in [5.41, 5.74) is 7.24. The second-order valence-electron chi connectivity index (χ2n) is 13.3. The molecule has 6 aromatic carbocycles. The first-order valence-electron chi connectivity index (χ1n) is 19.2. The highest BCUT2D eigenvalue weighted by Crippen LogP contribution is 2.26. The van der Waals surface area contributed by atoms with Gasteiger partial charge in [-0.2, -0.15) is 0 Å². The summed E-state index contributed by atoms with van der Waals surface area (Å²) in [7, 11) is 0. The van der Waals surface area contributed by atoms with Crippen LogP contribution in [0.4, 0.5) is 0 Å². The molecule has 0 N–H and O–H groups in total. The Bertz CT molecular complexity index is 2080. The average Bonchev–Trinajstić information content (AvgIpc) is 3.28. The van der Waals surface area contributed by atoms with Gasteiger partial charge in [0.25, 0.3) is 0 Å². The van der Waals surface area contributed by atoms with E-state index in [0.717, 1.165) is 44.9 Å². The van der Waals surface area contributed by atoms with Crippen LogP contribution in [0, 0.1) is 0 Å². The molecule has 0 saturated carbocycles. The average molecular weight is 775 g/mol. The molecule has 8 nitrogen and oxygen atoms in total. The minimum atomic E-state index is -0.435. The molecule has 294 valence electrons. The molecule has 0 spiro atoms. The number of hydrogen-bond donors (Lipinski definition) is 0. The van der Waals surface area contributed by atoms with Crippen molar-refractivity contribution in [1.82, 2.24) is 0 Å². The highest BCUT2D eigenvalue weighted by Gasteiger charge is 2.09. The highest BCUT2D eigenvalue weighted by molar-refractivity contribution is 5.88. The van der Waals surface area contributed by atoms with Gasteiger partial charge in [0.1, 0.15) is 35.5 Å².